The molecule has 0 aliphatic heterocycles. The fourth-order valence-electron chi connectivity index (χ4n) is 7.37. The molecule has 0 spiro atoms. The van der Waals surface area contributed by atoms with Crippen molar-refractivity contribution in [3.8, 4) is 51.8 Å². The Morgan fingerprint density at radius 2 is 0.920 bits per heavy atom. The lowest BCUT2D eigenvalue weighted by atomic mass is 9.95. The average molecular weight is 636 g/mol. The van der Waals surface area contributed by atoms with Crippen LogP contribution in [0.3, 0.4) is 0 Å². The molecule has 0 saturated heterocycles. The van der Waals surface area contributed by atoms with Crippen LogP contribution < -0.4 is 0 Å². The summed E-state index contributed by atoms with van der Waals surface area (Å²) in [4.78, 5) is 0. The Bertz CT molecular complexity index is 2920. The fourth-order valence-corrected chi connectivity index (χ4v) is 7.37. The van der Waals surface area contributed by atoms with Gasteiger partial charge in [-0.05, 0) is 95.6 Å². The third-order valence-electron chi connectivity index (χ3n) is 9.56. The Morgan fingerprint density at radius 1 is 0.360 bits per heavy atom. The number of rotatable bonds is 4. The van der Waals surface area contributed by atoms with Crippen molar-refractivity contribution in [1.29, 1.82) is 15.8 Å². The number of para-hydroxylation sites is 3. The number of hydrogen-bond donors (Lipinski definition) is 0. The van der Waals surface area contributed by atoms with E-state index in [0.29, 0.717) is 16.7 Å². The van der Waals surface area contributed by atoms with Crippen LogP contribution in [0, 0.1) is 34.0 Å². The van der Waals surface area contributed by atoms with Gasteiger partial charge in [0.1, 0.15) is 0 Å². The van der Waals surface area contributed by atoms with Crippen molar-refractivity contribution >= 4 is 43.6 Å². The van der Waals surface area contributed by atoms with E-state index in [4.69, 9.17) is 0 Å². The van der Waals surface area contributed by atoms with Gasteiger partial charge in [-0.2, -0.15) is 15.8 Å². The molecule has 9 rings (SSSR count). The van der Waals surface area contributed by atoms with E-state index >= 15 is 0 Å². The second-order valence-corrected chi connectivity index (χ2v) is 12.4. The van der Waals surface area contributed by atoms with Crippen molar-refractivity contribution < 1.29 is 0 Å². The van der Waals surface area contributed by atoms with Crippen molar-refractivity contribution in [3.05, 3.63) is 168 Å². The van der Waals surface area contributed by atoms with Gasteiger partial charge in [-0.1, -0.05) is 72.8 Å². The van der Waals surface area contributed by atoms with Crippen LogP contribution in [-0.4, -0.2) is 9.13 Å². The molecule has 5 heteroatoms. The molecule has 0 fully saturated rings. The van der Waals surface area contributed by atoms with Crippen molar-refractivity contribution in [2.75, 3.05) is 0 Å². The molecule has 0 radical (unpaired) electrons. The Kier molecular flexibility index (Phi) is 6.56. The molecule has 0 amide bonds. The van der Waals surface area contributed by atoms with Crippen molar-refractivity contribution in [2.24, 2.45) is 0 Å². The van der Waals surface area contributed by atoms with E-state index in [-0.39, 0.29) is 0 Å². The highest BCUT2D eigenvalue weighted by molar-refractivity contribution is 6.11. The van der Waals surface area contributed by atoms with Gasteiger partial charge in [0.25, 0.3) is 0 Å². The second kappa shape index (κ2) is 11.4. The monoisotopic (exact) mass is 635 g/mol. The van der Waals surface area contributed by atoms with Crippen LogP contribution in [0.1, 0.15) is 16.7 Å². The minimum absolute atomic E-state index is 0.557. The largest absolute Gasteiger partial charge is 0.309 e. The molecule has 0 aliphatic carbocycles. The first-order valence-electron chi connectivity index (χ1n) is 16.3. The number of aromatic nitrogens is 2. The predicted molar refractivity (Wildman–Crippen MR) is 200 cm³/mol. The van der Waals surface area contributed by atoms with Gasteiger partial charge in [-0.3, -0.25) is 0 Å². The quantitative estimate of drug-likeness (QED) is 0.193. The van der Waals surface area contributed by atoms with Gasteiger partial charge in [0, 0.05) is 32.8 Å². The maximum atomic E-state index is 10.2. The van der Waals surface area contributed by atoms with Crippen LogP contribution in [0.2, 0.25) is 0 Å². The molecular weight excluding hydrogens is 611 g/mol. The summed E-state index contributed by atoms with van der Waals surface area (Å²) >= 11 is 0. The van der Waals surface area contributed by atoms with Crippen molar-refractivity contribution in [1.82, 2.24) is 9.13 Å². The standard InChI is InChI=1S/C45H25N5/c46-26-29-16-18-44(50-43-15-6-3-12-38(43)40-23-30(27-47)17-19-45(40)50)39(22-29)33-9-7-8-32(24-33)34-20-31(28-48)21-35(25-34)49-41-13-4-1-10-36(41)37-11-2-5-14-42(37)49/h1-25H. The van der Waals surface area contributed by atoms with E-state index in [9.17, 15) is 15.8 Å². The lowest BCUT2D eigenvalue weighted by molar-refractivity contribution is 1.18. The van der Waals surface area contributed by atoms with E-state index in [1.165, 1.54) is 0 Å². The molecule has 0 atom stereocenters. The molecule has 0 aliphatic rings. The van der Waals surface area contributed by atoms with Gasteiger partial charge in [-0.25, -0.2) is 0 Å². The molecule has 0 unspecified atom stereocenters. The minimum atomic E-state index is 0.557. The van der Waals surface area contributed by atoms with Gasteiger partial charge in [0.2, 0.25) is 0 Å². The first-order chi connectivity index (χ1) is 24.6. The highest BCUT2D eigenvalue weighted by Crippen LogP contribution is 2.39. The fraction of sp³-hybridized carbons (Fsp3) is 0. The number of benzene rings is 7. The molecule has 230 valence electrons. The van der Waals surface area contributed by atoms with Crippen LogP contribution in [0.5, 0.6) is 0 Å². The molecule has 0 saturated carbocycles. The molecule has 2 heterocycles. The van der Waals surface area contributed by atoms with Gasteiger partial charge in [0.15, 0.2) is 0 Å². The molecule has 2 aromatic heterocycles. The summed E-state index contributed by atoms with van der Waals surface area (Å²) in [5.74, 6) is 0. The molecule has 0 bridgehead atoms. The molecule has 9 aromatic rings. The minimum Gasteiger partial charge on any atom is -0.309 e. The zero-order chi connectivity index (χ0) is 33.8. The van der Waals surface area contributed by atoms with Crippen LogP contribution in [0.25, 0.3) is 77.2 Å². The van der Waals surface area contributed by atoms with Crippen molar-refractivity contribution in [2.45, 2.75) is 0 Å². The van der Waals surface area contributed by atoms with E-state index in [1.807, 2.05) is 78.9 Å². The Balaban J connectivity index is 1.25. The Labute approximate surface area is 287 Å². The number of nitriles is 3. The smallest absolute Gasteiger partial charge is 0.0992 e. The summed E-state index contributed by atoms with van der Waals surface area (Å²) in [5, 5.41) is 34.2. The number of hydrogen-bond acceptors (Lipinski definition) is 3. The summed E-state index contributed by atoms with van der Waals surface area (Å²) in [5.41, 5.74) is 11.4. The lowest BCUT2D eigenvalue weighted by Gasteiger charge is -2.16. The molecule has 0 N–H and O–H groups in total. The molecule has 50 heavy (non-hydrogen) atoms. The van der Waals surface area contributed by atoms with Crippen LogP contribution in [0.4, 0.5) is 0 Å². The van der Waals surface area contributed by atoms with E-state index in [1.54, 1.807) is 0 Å². The summed E-state index contributed by atoms with van der Waals surface area (Å²) < 4.78 is 4.44. The predicted octanol–water partition coefficient (Wildman–Crippen LogP) is 10.8. The van der Waals surface area contributed by atoms with E-state index in [0.717, 1.165) is 77.2 Å². The van der Waals surface area contributed by atoms with E-state index in [2.05, 4.69) is 100 Å². The van der Waals surface area contributed by atoms with Gasteiger partial charge >= 0.3 is 0 Å². The summed E-state index contributed by atoms with van der Waals surface area (Å²) in [6.45, 7) is 0. The van der Waals surface area contributed by atoms with Crippen LogP contribution in [-0.2, 0) is 0 Å². The summed E-state index contributed by atoms with van der Waals surface area (Å²) in [7, 11) is 0. The average Bonchev–Trinajstić information content (AvgIpc) is 3.70. The van der Waals surface area contributed by atoms with E-state index < -0.39 is 0 Å². The highest BCUT2D eigenvalue weighted by atomic mass is 15.0. The third-order valence-corrected chi connectivity index (χ3v) is 9.56. The van der Waals surface area contributed by atoms with Gasteiger partial charge in [-0.15, -0.1) is 0 Å². The summed E-state index contributed by atoms with van der Waals surface area (Å²) in [6, 6.07) is 57.8. The second-order valence-electron chi connectivity index (χ2n) is 12.4. The zero-order valence-corrected chi connectivity index (χ0v) is 26.7. The topological polar surface area (TPSA) is 81.2 Å². The van der Waals surface area contributed by atoms with Crippen LogP contribution in [0.15, 0.2) is 152 Å². The number of fused-ring (bicyclic) bond motifs is 6. The highest BCUT2D eigenvalue weighted by Gasteiger charge is 2.18. The first-order valence-corrected chi connectivity index (χ1v) is 16.3. The van der Waals surface area contributed by atoms with Crippen molar-refractivity contribution in [3.63, 3.8) is 0 Å². The molecule has 5 nitrogen and oxygen atoms in total. The van der Waals surface area contributed by atoms with Gasteiger partial charge < -0.3 is 9.13 Å². The Hall–Kier alpha value is -7.39. The zero-order valence-electron chi connectivity index (χ0n) is 26.7. The first kappa shape index (κ1) is 28.8. The van der Waals surface area contributed by atoms with Crippen LogP contribution >= 0.6 is 0 Å². The Morgan fingerprint density at radius 3 is 1.60 bits per heavy atom. The van der Waals surface area contributed by atoms with Gasteiger partial charge in [0.05, 0.1) is 62.7 Å². The maximum absolute atomic E-state index is 10.2. The number of nitrogens with zero attached hydrogens (tertiary/aromatic N) is 5. The summed E-state index contributed by atoms with van der Waals surface area (Å²) in [6.07, 6.45) is 0. The third kappa shape index (κ3) is 4.45. The normalized spacial score (nSPS) is 11.1. The maximum Gasteiger partial charge on any atom is 0.0992 e. The molecular formula is C45H25N5. The lowest BCUT2D eigenvalue weighted by Crippen LogP contribution is -1.98. The SMILES string of the molecule is N#Cc1cc(-c2cccc(-c3cc(C#N)ccc3-n3c4ccccc4c4cc(C#N)ccc43)c2)cc(-n2c3ccccc3c3ccccc32)c1. The molecule has 7 aromatic carbocycles.